The van der Waals surface area contributed by atoms with Gasteiger partial charge in [-0.2, -0.15) is 0 Å². The lowest BCUT2D eigenvalue weighted by Crippen LogP contribution is -2.30. The van der Waals surface area contributed by atoms with E-state index in [1.165, 1.54) is 19.1 Å². The Balaban J connectivity index is 1.97. The van der Waals surface area contributed by atoms with Gasteiger partial charge in [-0.1, -0.05) is 32.0 Å². The molecule has 0 aliphatic carbocycles. The first kappa shape index (κ1) is 20.0. The van der Waals surface area contributed by atoms with E-state index in [-0.39, 0.29) is 5.56 Å². The third-order valence-corrected chi connectivity index (χ3v) is 3.86. The summed E-state index contributed by atoms with van der Waals surface area (Å²) >= 11 is 0. The average Bonchev–Trinajstić information content (AvgIpc) is 2.61. The molecule has 3 amide bonds. The van der Waals surface area contributed by atoms with Crippen LogP contribution in [0.5, 0.6) is 0 Å². The molecule has 142 valence electrons. The molecule has 7 nitrogen and oxygen atoms in total. The van der Waals surface area contributed by atoms with Crippen LogP contribution in [0.4, 0.5) is 16.2 Å². The quantitative estimate of drug-likeness (QED) is 0.677. The maximum absolute atomic E-state index is 12.2. The van der Waals surface area contributed by atoms with Crippen molar-refractivity contribution in [2.75, 3.05) is 10.6 Å². The van der Waals surface area contributed by atoms with Crippen LogP contribution in [0.1, 0.15) is 42.6 Å². The highest BCUT2D eigenvalue weighted by atomic mass is 16.5. The minimum absolute atomic E-state index is 0.196. The van der Waals surface area contributed by atoms with Crippen LogP contribution in [0.3, 0.4) is 0 Å². The van der Waals surface area contributed by atoms with Crippen LogP contribution >= 0.6 is 0 Å². The van der Waals surface area contributed by atoms with Crippen molar-refractivity contribution in [3.05, 3.63) is 59.7 Å². The number of nitrogens with one attached hydrogen (secondary N) is 2. The molecule has 4 N–H and O–H groups in total. The second-order valence-corrected chi connectivity index (χ2v) is 6.38. The molecule has 2 aromatic rings. The molecule has 0 aromatic heterocycles. The van der Waals surface area contributed by atoms with Crippen LogP contribution in [-0.4, -0.2) is 24.0 Å². The normalized spacial score (nSPS) is 11.6. The molecule has 0 spiro atoms. The largest absolute Gasteiger partial charge is 0.449 e. The molecule has 0 saturated carbocycles. The Hall–Kier alpha value is -3.35. The molecule has 0 fully saturated rings. The molecule has 0 aliphatic rings. The van der Waals surface area contributed by atoms with Gasteiger partial charge in [-0.25, -0.2) is 9.59 Å². The maximum Gasteiger partial charge on any atom is 0.338 e. The van der Waals surface area contributed by atoms with E-state index in [1.807, 2.05) is 12.1 Å². The lowest BCUT2D eigenvalue weighted by molar-refractivity contribution is -0.123. The number of esters is 1. The molecule has 0 saturated heterocycles. The number of hydrogen-bond acceptors (Lipinski definition) is 4. The van der Waals surface area contributed by atoms with Crippen molar-refractivity contribution in [1.82, 2.24) is 0 Å². The van der Waals surface area contributed by atoms with Crippen molar-refractivity contribution in [3.63, 3.8) is 0 Å². The van der Waals surface area contributed by atoms with Gasteiger partial charge in [-0.3, -0.25) is 4.79 Å². The van der Waals surface area contributed by atoms with E-state index >= 15 is 0 Å². The number of nitrogens with two attached hydrogens (primary N) is 1. The fourth-order valence-electron chi connectivity index (χ4n) is 2.34. The second-order valence-electron chi connectivity index (χ2n) is 6.38. The summed E-state index contributed by atoms with van der Waals surface area (Å²) in [5, 5.41) is 5.09. The van der Waals surface area contributed by atoms with Gasteiger partial charge in [-0.15, -0.1) is 0 Å². The highest BCUT2D eigenvalue weighted by molar-refractivity contribution is 5.98. The predicted molar refractivity (Wildman–Crippen MR) is 104 cm³/mol. The summed E-state index contributed by atoms with van der Waals surface area (Å²) in [4.78, 5) is 35.4. The SMILES string of the molecule is CC(C)c1ccc(NC(=O)[C@H](C)OC(=O)c2cccc(NC(N)=O)c2)cc1. The van der Waals surface area contributed by atoms with Crippen molar-refractivity contribution >= 4 is 29.3 Å². The molecular weight excluding hydrogens is 346 g/mol. The van der Waals surface area contributed by atoms with Crippen LogP contribution in [0, 0.1) is 0 Å². The third kappa shape index (κ3) is 5.85. The fraction of sp³-hybridized carbons (Fsp3) is 0.250. The van der Waals surface area contributed by atoms with Gasteiger partial charge in [0.25, 0.3) is 5.91 Å². The first-order valence-corrected chi connectivity index (χ1v) is 8.54. The average molecular weight is 369 g/mol. The number of ether oxygens (including phenoxy) is 1. The zero-order valence-corrected chi connectivity index (χ0v) is 15.5. The number of hydrogen-bond donors (Lipinski definition) is 3. The summed E-state index contributed by atoms with van der Waals surface area (Å²) < 4.78 is 5.20. The van der Waals surface area contributed by atoms with Crippen molar-refractivity contribution < 1.29 is 19.1 Å². The summed E-state index contributed by atoms with van der Waals surface area (Å²) in [5.74, 6) is -0.720. The summed E-state index contributed by atoms with van der Waals surface area (Å²) in [6, 6.07) is 12.8. The molecule has 1 atom stereocenters. The third-order valence-electron chi connectivity index (χ3n) is 3.86. The maximum atomic E-state index is 12.2. The Bertz CT molecular complexity index is 831. The first-order valence-electron chi connectivity index (χ1n) is 8.54. The molecule has 2 rings (SSSR count). The summed E-state index contributed by atoms with van der Waals surface area (Å²) in [6.07, 6.45) is -0.991. The van der Waals surface area contributed by atoms with E-state index in [1.54, 1.807) is 24.3 Å². The number of anilines is 2. The summed E-state index contributed by atoms with van der Waals surface area (Å²) in [7, 11) is 0. The fourth-order valence-corrected chi connectivity index (χ4v) is 2.34. The minimum Gasteiger partial charge on any atom is -0.449 e. The molecule has 0 unspecified atom stereocenters. The molecular formula is C20H23N3O4. The molecule has 27 heavy (non-hydrogen) atoms. The Morgan fingerprint density at radius 1 is 0.926 bits per heavy atom. The number of carbonyl (C=O) groups is 3. The van der Waals surface area contributed by atoms with Crippen LogP contribution in [-0.2, 0) is 9.53 Å². The number of primary amides is 1. The van der Waals surface area contributed by atoms with Gasteiger partial charge in [0.2, 0.25) is 0 Å². The highest BCUT2D eigenvalue weighted by Gasteiger charge is 2.19. The van der Waals surface area contributed by atoms with E-state index in [2.05, 4.69) is 24.5 Å². The molecule has 0 aliphatic heterocycles. The second kappa shape index (κ2) is 8.84. The number of amides is 3. The Kier molecular flexibility index (Phi) is 6.54. The number of benzene rings is 2. The van der Waals surface area contributed by atoms with Gasteiger partial charge >= 0.3 is 12.0 Å². The molecule has 7 heteroatoms. The van der Waals surface area contributed by atoms with E-state index in [4.69, 9.17) is 10.5 Å². The van der Waals surface area contributed by atoms with Gasteiger partial charge in [0.1, 0.15) is 0 Å². The van der Waals surface area contributed by atoms with E-state index in [0.29, 0.717) is 17.3 Å². The van der Waals surface area contributed by atoms with E-state index in [9.17, 15) is 14.4 Å². The lowest BCUT2D eigenvalue weighted by atomic mass is 10.0. The molecule has 2 aromatic carbocycles. The van der Waals surface area contributed by atoms with Crippen molar-refractivity contribution in [1.29, 1.82) is 0 Å². The number of rotatable bonds is 6. The Morgan fingerprint density at radius 2 is 1.59 bits per heavy atom. The van der Waals surface area contributed by atoms with E-state index in [0.717, 1.165) is 5.56 Å². The van der Waals surface area contributed by atoms with Gasteiger partial charge in [0, 0.05) is 11.4 Å². The number of carbonyl (C=O) groups excluding carboxylic acids is 3. The first-order chi connectivity index (χ1) is 12.8. The van der Waals surface area contributed by atoms with E-state index < -0.39 is 24.0 Å². The topological polar surface area (TPSA) is 111 Å². The zero-order chi connectivity index (χ0) is 20.0. The van der Waals surface area contributed by atoms with Crippen LogP contribution in [0.2, 0.25) is 0 Å². The van der Waals surface area contributed by atoms with Crippen molar-refractivity contribution in [2.24, 2.45) is 5.73 Å². The zero-order valence-electron chi connectivity index (χ0n) is 15.5. The molecule has 0 radical (unpaired) electrons. The monoisotopic (exact) mass is 369 g/mol. The Morgan fingerprint density at radius 3 is 2.19 bits per heavy atom. The standard InChI is InChI=1S/C20H23N3O4/c1-12(2)14-7-9-16(10-8-14)22-18(24)13(3)27-19(25)15-5-4-6-17(11-15)23-20(21)26/h4-13H,1-3H3,(H,22,24)(H3,21,23,26)/t13-/m0/s1. The Labute approximate surface area is 157 Å². The van der Waals surface area contributed by atoms with Gasteiger partial charge < -0.3 is 21.1 Å². The molecule has 0 heterocycles. The predicted octanol–water partition coefficient (Wildman–Crippen LogP) is 3.48. The van der Waals surface area contributed by atoms with Gasteiger partial charge in [0.15, 0.2) is 6.10 Å². The van der Waals surface area contributed by atoms with Crippen LogP contribution in [0.15, 0.2) is 48.5 Å². The van der Waals surface area contributed by atoms with Crippen molar-refractivity contribution in [2.45, 2.75) is 32.8 Å². The minimum atomic E-state index is -0.991. The van der Waals surface area contributed by atoms with Crippen LogP contribution < -0.4 is 16.4 Å². The van der Waals surface area contributed by atoms with Crippen molar-refractivity contribution in [3.8, 4) is 0 Å². The van der Waals surface area contributed by atoms with Gasteiger partial charge in [-0.05, 0) is 48.7 Å². The summed E-state index contributed by atoms with van der Waals surface area (Å²) in [6.45, 7) is 5.66. The lowest BCUT2D eigenvalue weighted by Gasteiger charge is -2.14. The van der Waals surface area contributed by atoms with Gasteiger partial charge in [0.05, 0.1) is 5.56 Å². The number of urea groups is 1. The van der Waals surface area contributed by atoms with Crippen LogP contribution in [0.25, 0.3) is 0 Å². The molecule has 0 bridgehead atoms. The highest BCUT2D eigenvalue weighted by Crippen LogP contribution is 2.18. The summed E-state index contributed by atoms with van der Waals surface area (Å²) in [5.41, 5.74) is 7.40. The smallest absolute Gasteiger partial charge is 0.338 e.